The number of allylic oxidation sites excluding steroid dienone is 3. The van der Waals surface area contributed by atoms with Gasteiger partial charge < -0.3 is 10.1 Å². The Hall–Kier alpha value is -2.06. The third-order valence-electron chi connectivity index (χ3n) is 3.97. The molecule has 0 radical (unpaired) electrons. The number of rotatable bonds is 9. The summed E-state index contributed by atoms with van der Waals surface area (Å²) in [6, 6.07) is 14.5. The van der Waals surface area contributed by atoms with E-state index in [1.54, 1.807) is 0 Å². The minimum absolute atomic E-state index is 0.679. The average Bonchev–Trinajstić information content (AvgIpc) is 2.57. The molecule has 0 saturated heterocycles. The molecule has 2 aromatic rings. The van der Waals surface area contributed by atoms with Gasteiger partial charge in [-0.3, -0.25) is 0 Å². The van der Waals surface area contributed by atoms with Gasteiger partial charge in [-0.2, -0.15) is 0 Å². The van der Waals surface area contributed by atoms with Gasteiger partial charge in [-0.1, -0.05) is 59.7 Å². The molecule has 0 aliphatic rings. The van der Waals surface area contributed by atoms with Crippen LogP contribution in [0.2, 0.25) is 0 Å². The molecule has 0 aromatic heterocycles. The molecule has 0 saturated carbocycles. The Kier molecular flexibility index (Phi) is 7.57. The smallest absolute Gasteiger partial charge is 0.127 e. The van der Waals surface area contributed by atoms with Gasteiger partial charge in [0.25, 0.3) is 0 Å². The summed E-state index contributed by atoms with van der Waals surface area (Å²) in [6.45, 7) is 8.93. The third-order valence-corrected chi connectivity index (χ3v) is 3.97. The van der Waals surface area contributed by atoms with Crippen LogP contribution in [0.5, 0.6) is 5.75 Å². The van der Waals surface area contributed by atoms with Gasteiger partial charge in [-0.05, 0) is 45.1 Å². The first kappa shape index (κ1) is 18.3. The Labute approximate surface area is 146 Å². The third kappa shape index (κ3) is 6.21. The second-order valence-electron chi connectivity index (χ2n) is 6.40. The molecule has 0 unspecified atom stereocenters. The Morgan fingerprint density at radius 1 is 1.00 bits per heavy atom. The summed E-state index contributed by atoms with van der Waals surface area (Å²) in [4.78, 5) is 0. The number of hydrogen-bond donors (Lipinski definition) is 1. The van der Waals surface area contributed by atoms with Crippen molar-refractivity contribution in [2.24, 2.45) is 0 Å². The molecule has 2 nitrogen and oxygen atoms in total. The van der Waals surface area contributed by atoms with Crippen LogP contribution >= 0.6 is 0 Å². The monoisotopic (exact) mass is 323 g/mol. The first-order valence-corrected chi connectivity index (χ1v) is 8.77. The van der Waals surface area contributed by atoms with Gasteiger partial charge in [0.05, 0.1) is 0 Å². The average molecular weight is 323 g/mol. The summed E-state index contributed by atoms with van der Waals surface area (Å²) >= 11 is 0. The fourth-order valence-corrected chi connectivity index (χ4v) is 2.59. The van der Waals surface area contributed by atoms with Crippen LogP contribution < -0.4 is 10.1 Å². The molecule has 0 spiro atoms. The number of hydrogen-bond acceptors (Lipinski definition) is 2. The zero-order chi connectivity index (χ0) is 17.2. The highest BCUT2D eigenvalue weighted by molar-refractivity contribution is 5.88. The zero-order valence-electron chi connectivity index (χ0n) is 15.1. The molecule has 1 N–H and O–H groups in total. The van der Waals surface area contributed by atoms with Crippen LogP contribution in [0.25, 0.3) is 10.8 Å². The lowest BCUT2D eigenvalue weighted by molar-refractivity contribution is 0.320. The van der Waals surface area contributed by atoms with Crippen molar-refractivity contribution in [2.75, 3.05) is 19.7 Å². The van der Waals surface area contributed by atoms with Crippen molar-refractivity contribution in [1.29, 1.82) is 0 Å². The molecule has 0 aliphatic carbocycles. The van der Waals surface area contributed by atoms with E-state index in [4.69, 9.17) is 4.74 Å². The second-order valence-corrected chi connectivity index (χ2v) is 6.40. The van der Waals surface area contributed by atoms with Crippen molar-refractivity contribution < 1.29 is 4.74 Å². The van der Waals surface area contributed by atoms with Crippen molar-refractivity contribution in [3.8, 4) is 5.75 Å². The maximum absolute atomic E-state index is 5.93. The number of ether oxygens (including phenoxy) is 1. The highest BCUT2D eigenvalue weighted by atomic mass is 16.5. The van der Waals surface area contributed by atoms with Gasteiger partial charge in [-0.25, -0.2) is 0 Å². The van der Waals surface area contributed by atoms with E-state index in [0.29, 0.717) is 6.61 Å². The maximum atomic E-state index is 5.93. The predicted molar refractivity (Wildman–Crippen MR) is 105 cm³/mol. The molecule has 128 valence electrons. The van der Waals surface area contributed by atoms with E-state index in [9.17, 15) is 0 Å². The number of fused-ring (bicyclic) bond motifs is 1. The summed E-state index contributed by atoms with van der Waals surface area (Å²) in [6.07, 6.45) is 6.84. The molecule has 2 aromatic carbocycles. The number of benzene rings is 2. The van der Waals surface area contributed by atoms with E-state index in [-0.39, 0.29) is 0 Å². The van der Waals surface area contributed by atoms with Crippen molar-refractivity contribution >= 4 is 10.8 Å². The Morgan fingerprint density at radius 3 is 2.62 bits per heavy atom. The van der Waals surface area contributed by atoms with Gasteiger partial charge in [0.15, 0.2) is 0 Å². The first-order valence-electron chi connectivity index (χ1n) is 8.77. The molecule has 0 aliphatic heterocycles. The summed E-state index contributed by atoms with van der Waals surface area (Å²) in [7, 11) is 0. The molecule has 0 bridgehead atoms. The van der Waals surface area contributed by atoms with Gasteiger partial charge in [-0.15, -0.1) is 0 Å². The van der Waals surface area contributed by atoms with Crippen LogP contribution in [-0.2, 0) is 0 Å². The van der Waals surface area contributed by atoms with Gasteiger partial charge >= 0.3 is 0 Å². The minimum atomic E-state index is 0.679. The maximum Gasteiger partial charge on any atom is 0.127 e. The fourth-order valence-electron chi connectivity index (χ4n) is 2.59. The van der Waals surface area contributed by atoms with E-state index in [1.165, 1.54) is 21.9 Å². The van der Waals surface area contributed by atoms with Crippen molar-refractivity contribution in [1.82, 2.24) is 5.32 Å². The molecule has 2 heteroatoms. The lowest BCUT2D eigenvalue weighted by Gasteiger charge is -2.09. The lowest BCUT2D eigenvalue weighted by Crippen LogP contribution is -2.21. The quantitative estimate of drug-likeness (QED) is 0.486. The van der Waals surface area contributed by atoms with Crippen molar-refractivity contribution in [3.05, 3.63) is 65.8 Å². The largest absolute Gasteiger partial charge is 0.492 e. The van der Waals surface area contributed by atoms with Crippen LogP contribution in [0.3, 0.4) is 0 Å². The lowest BCUT2D eigenvalue weighted by atomic mass is 10.1. The van der Waals surface area contributed by atoms with E-state index >= 15 is 0 Å². The van der Waals surface area contributed by atoms with Crippen LogP contribution in [0, 0.1) is 0 Å². The first-order chi connectivity index (χ1) is 11.7. The molecular weight excluding hydrogens is 294 g/mol. The van der Waals surface area contributed by atoms with Crippen LogP contribution in [-0.4, -0.2) is 19.7 Å². The summed E-state index contributed by atoms with van der Waals surface area (Å²) in [5, 5.41) is 5.81. The van der Waals surface area contributed by atoms with Gasteiger partial charge in [0.2, 0.25) is 0 Å². The zero-order valence-corrected chi connectivity index (χ0v) is 15.1. The van der Waals surface area contributed by atoms with Crippen molar-refractivity contribution in [2.45, 2.75) is 33.6 Å². The van der Waals surface area contributed by atoms with Crippen LogP contribution in [0.15, 0.2) is 65.8 Å². The Balaban J connectivity index is 1.68. The number of nitrogens with one attached hydrogen (secondary N) is 1. The van der Waals surface area contributed by atoms with Gasteiger partial charge in [0, 0.05) is 18.5 Å². The van der Waals surface area contributed by atoms with E-state index < -0.39 is 0 Å². The predicted octanol–water partition coefficient (Wildman–Crippen LogP) is 5.50. The summed E-state index contributed by atoms with van der Waals surface area (Å²) in [5.41, 5.74) is 2.83. The fraction of sp³-hybridized carbons (Fsp3) is 0.364. The highest BCUT2D eigenvalue weighted by Crippen LogP contribution is 2.24. The van der Waals surface area contributed by atoms with Gasteiger partial charge in [0.1, 0.15) is 12.4 Å². The molecule has 0 atom stereocenters. The molecule has 2 rings (SSSR count). The minimum Gasteiger partial charge on any atom is -0.492 e. The topological polar surface area (TPSA) is 21.3 Å². The summed E-state index contributed by atoms with van der Waals surface area (Å²) in [5.74, 6) is 0.961. The Bertz CT molecular complexity index is 691. The second kappa shape index (κ2) is 9.94. The molecule has 24 heavy (non-hydrogen) atoms. The Morgan fingerprint density at radius 2 is 1.79 bits per heavy atom. The summed E-state index contributed by atoms with van der Waals surface area (Å²) < 4.78 is 5.93. The highest BCUT2D eigenvalue weighted by Gasteiger charge is 2.00. The van der Waals surface area contributed by atoms with Crippen molar-refractivity contribution in [3.63, 3.8) is 0 Å². The molecule has 0 amide bonds. The SMILES string of the molecule is CC(C)=CCCC(C)=CCNCCOc1cccc2ccccc12. The van der Waals surface area contributed by atoms with E-state index in [2.05, 4.69) is 68.6 Å². The van der Waals surface area contributed by atoms with E-state index in [1.807, 2.05) is 12.1 Å². The van der Waals surface area contributed by atoms with Crippen LogP contribution in [0.4, 0.5) is 0 Å². The molecule has 0 fully saturated rings. The molecule has 0 heterocycles. The standard InChI is InChI=1S/C22H29NO/c1-18(2)8-6-9-19(3)14-15-23-16-17-24-22-13-7-11-20-10-4-5-12-21(20)22/h4-5,7-8,10-14,23H,6,9,15-17H2,1-3H3. The van der Waals surface area contributed by atoms with Crippen LogP contribution in [0.1, 0.15) is 33.6 Å². The normalized spacial score (nSPS) is 11.5. The van der Waals surface area contributed by atoms with E-state index in [0.717, 1.165) is 31.7 Å². The molecular formula is C22H29NO.